The van der Waals surface area contributed by atoms with Gasteiger partial charge in [-0.3, -0.25) is 0 Å². The molecule has 5 rings (SSSR count). The quantitative estimate of drug-likeness (QED) is 0.762. The van der Waals surface area contributed by atoms with Crippen molar-refractivity contribution in [3.8, 4) is 5.75 Å². The second kappa shape index (κ2) is 7.12. The summed E-state index contributed by atoms with van der Waals surface area (Å²) in [7, 11) is 4.02. The van der Waals surface area contributed by atoms with Gasteiger partial charge in [-0.25, -0.2) is 0 Å². The molecule has 1 aliphatic carbocycles. The van der Waals surface area contributed by atoms with Crippen molar-refractivity contribution in [3.63, 3.8) is 0 Å². The van der Waals surface area contributed by atoms with Crippen molar-refractivity contribution >= 4 is 0 Å². The van der Waals surface area contributed by atoms with Gasteiger partial charge < -0.3 is 19.1 Å². The number of ether oxygens (including phenoxy) is 3. The first-order valence-corrected chi connectivity index (χ1v) is 10.8. The van der Waals surface area contributed by atoms with Crippen LogP contribution < -0.4 is 4.74 Å². The predicted octanol–water partition coefficient (Wildman–Crippen LogP) is 4.61. The number of benzene rings is 2. The van der Waals surface area contributed by atoms with Crippen LogP contribution in [0.15, 0.2) is 48.5 Å². The smallest absolute Gasteiger partial charge is 0.170 e. The molecule has 154 valence electrons. The Balaban J connectivity index is 1.42. The minimum Gasteiger partial charge on any atom is -0.496 e. The Hall–Kier alpha value is -1.88. The van der Waals surface area contributed by atoms with Crippen LogP contribution >= 0.6 is 0 Å². The molecule has 0 bridgehead atoms. The van der Waals surface area contributed by atoms with E-state index in [4.69, 9.17) is 14.2 Å². The summed E-state index contributed by atoms with van der Waals surface area (Å²) in [5.41, 5.74) is 3.96. The van der Waals surface area contributed by atoms with Crippen LogP contribution in [0.4, 0.5) is 0 Å². The molecular weight excluding hydrogens is 362 g/mol. The Morgan fingerprint density at radius 2 is 1.90 bits per heavy atom. The molecule has 29 heavy (non-hydrogen) atoms. The van der Waals surface area contributed by atoms with E-state index in [0.29, 0.717) is 12.6 Å². The second-order valence-corrected chi connectivity index (χ2v) is 9.03. The van der Waals surface area contributed by atoms with Crippen molar-refractivity contribution in [2.75, 3.05) is 27.3 Å². The van der Waals surface area contributed by atoms with E-state index < -0.39 is 5.79 Å². The van der Waals surface area contributed by atoms with Gasteiger partial charge in [0.1, 0.15) is 11.9 Å². The van der Waals surface area contributed by atoms with E-state index in [1.807, 2.05) is 6.07 Å². The summed E-state index contributed by atoms with van der Waals surface area (Å²) in [6.45, 7) is 3.86. The third-order valence-electron chi connectivity index (χ3n) is 7.55. The zero-order valence-electron chi connectivity index (χ0n) is 17.7. The van der Waals surface area contributed by atoms with Crippen molar-refractivity contribution in [1.82, 2.24) is 4.90 Å². The number of hydrogen-bond acceptors (Lipinski definition) is 4. The largest absolute Gasteiger partial charge is 0.496 e. The maximum absolute atomic E-state index is 6.60. The number of hydrogen-bond donors (Lipinski definition) is 0. The van der Waals surface area contributed by atoms with Gasteiger partial charge in [0.05, 0.1) is 13.7 Å². The first-order chi connectivity index (χ1) is 14.1. The van der Waals surface area contributed by atoms with Gasteiger partial charge >= 0.3 is 0 Å². The van der Waals surface area contributed by atoms with Crippen molar-refractivity contribution < 1.29 is 14.2 Å². The monoisotopic (exact) mass is 393 g/mol. The predicted molar refractivity (Wildman–Crippen MR) is 113 cm³/mol. The first kappa shape index (κ1) is 19.1. The van der Waals surface area contributed by atoms with Crippen LogP contribution in [0.3, 0.4) is 0 Å². The van der Waals surface area contributed by atoms with E-state index in [9.17, 15) is 0 Å². The minimum absolute atomic E-state index is 0.0369. The summed E-state index contributed by atoms with van der Waals surface area (Å²) in [5, 5.41) is 0. The van der Waals surface area contributed by atoms with E-state index in [1.165, 1.54) is 23.1 Å². The molecule has 2 saturated heterocycles. The average molecular weight is 394 g/mol. The average Bonchev–Trinajstić information content (AvgIpc) is 3.32. The van der Waals surface area contributed by atoms with Crippen LogP contribution in [0.2, 0.25) is 0 Å². The van der Waals surface area contributed by atoms with E-state index in [2.05, 4.69) is 61.3 Å². The minimum atomic E-state index is -0.456. The summed E-state index contributed by atoms with van der Waals surface area (Å²) in [6, 6.07) is 17.7. The molecule has 1 saturated carbocycles. The summed E-state index contributed by atoms with van der Waals surface area (Å²) in [4.78, 5) is 2.51. The fourth-order valence-electron chi connectivity index (χ4n) is 5.81. The van der Waals surface area contributed by atoms with Gasteiger partial charge in [-0.15, -0.1) is 0 Å². The second-order valence-electron chi connectivity index (χ2n) is 9.03. The number of likely N-dealkylation sites (N-methyl/N-ethyl adjacent to an activating group) is 1. The van der Waals surface area contributed by atoms with Crippen LogP contribution in [0, 0.1) is 6.92 Å². The molecule has 0 radical (unpaired) electrons. The molecule has 1 spiro atoms. The highest BCUT2D eigenvalue weighted by Crippen LogP contribution is 2.55. The highest BCUT2D eigenvalue weighted by Gasteiger charge is 2.57. The van der Waals surface area contributed by atoms with Crippen LogP contribution in [-0.2, 0) is 14.9 Å². The normalized spacial score (nSPS) is 34.4. The zero-order chi connectivity index (χ0) is 20.1. The lowest BCUT2D eigenvalue weighted by molar-refractivity contribution is -0.204. The van der Waals surface area contributed by atoms with Crippen molar-refractivity contribution in [2.45, 2.75) is 56.0 Å². The van der Waals surface area contributed by atoms with E-state index in [-0.39, 0.29) is 11.5 Å². The Morgan fingerprint density at radius 1 is 1.07 bits per heavy atom. The van der Waals surface area contributed by atoms with Gasteiger partial charge in [-0.1, -0.05) is 42.5 Å². The lowest BCUT2D eigenvalue weighted by Gasteiger charge is -2.48. The maximum Gasteiger partial charge on any atom is 0.170 e. The SMILES string of the molecule is COc1cc([C@]23CCN(C)[C@H]2CC2(CC3)OC[C@@H](c3ccccc3)O2)ccc1C. The molecule has 0 N–H and O–H groups in total. The van der Waals surface area contributed by atoms with Crippen LogP contribution in [0.25, 0.3) is 0 Å². The molecule has 2 aromatic carbocycles. The Bertz CT molecular complexity index is 885. The highest BCUT2D eigenvalue weighted by atomic mass is 16.7. The van der Waals surface area contributed by atoms with Gasteiger partial charge in [0.2, 0.25) is 0 Å². The fourth-order valence-corrected chi connectivity index (χ4v) is 5.81. The van der Waals surface area contributed by atoms with Crippen molar-refractivity contribution in [3.05, 3.63) is 65.2 Å². The van der Waals surface area contributed by atoms with Gasteiger partial charge in [0.15, 0.2) is 5.79 Å². The summed E-state index contributed by atoms with van der Waals surface area (Å²) in [6.07, 6.45) is 4.16. The van der Waals surface area contributed by atoms with E-state index >= 15 is 0 Å². The number of aryl methyl sites for hydroxylation is 1. The number of nitrogens with zero attached hydrogens (tertiary/aromatic N) is 1. The van der Waals surface area contributed by atoms with Crippen LogP contribution in [-0.4, -0.2) is 44.0 Å². The lowest BCUT2D eigenvalue weighted by Crippen LogP contribution is -2.52. The van der Waals surface area contributed by atoms with Gasteiger partial charge in [0.25, 0.3) is 0 Å². The van der Waals surface area contributed by atoms with Crippen LogP contribution in [0.5, 0.6) is 5.75 Å². The third-order valence-corrected chi connectivity index (χ3v) is 7.55. The third kappa shape index (κ3) is 3.09. The number of methoxy groups -OCH3 is 1. The molecule has 2 aliphatic heterocycles. The molecule has 3 aliphatic rings. The maximum atomic E-state index is 6.60. The van der Waals surface area contributed by atoms with Gasteiger partial charge in [-0.2, -0.15) is 0 Å². The summed E-state index contributed by atoms with van der Waals surface area (Å²) in [5.74, 6) is 0.533. The first-order valence-electron chi connectivity index (χ1n) is 10.8. The van der Waals surface area contributed by atoms with Crippen molar-refractivity contribution in [2.24, 2.45) is 0 Å². The number of fused-ring (bicyclic) bond motifs is 1. The topological polar surface area (TPSA) is 30.9 Å². The fraction of sp³-hybridized carbons (Fsp3) is 0.520. The Morgan fingerprint density at radius 3 is 2.69 bits per heavy atom. The van der Waals surface area contributed by atoms with E-state index in [0.717, 1.165) is 31.6 Å². The summed E-state index contributed by atoms with van der Waals surface area (Å²) < 4.78 is 18.6. The molecule has 0 amide bonds. The summed E-state index contributed by atoms with van der Waals surface area (Å²) >= 11 is 0. The Labute approximate surface area is 173 Å². The number of likely N-dealkylation sites (tertiary alicyclic amines) is 1. The lowest BCUT2D eigenvalue weighted by atomic mass is 9.64. The molecule has 4 nitrogen and oxygen atoms in total. The molecule has 4 heteroatoms. The van der Waals surface area contributed by atoms with Crippen molar-refractivity contribution in [1.29, 1.82) is 0 Å². The zero-order valence-corrected chi connectivity index (χ0v) is 17.7. The molecule has 2 aromatic rings. The molecule has 4 atom stereocenters. The molecule has 1 unspecified atom stereocenters. The molecule has 3 fully saturated rings. The van der Waals surface area contributed by atoms with Crippen LogP contribution in [0.1, 0.15) is 48.5 Å². The van der Waals surface area contributed by atoms with Gasteiger partial charge in [0, 0.05) is 24.3 Å². The molecule has 2 heterocycles. The molecular formula is C25H31NO3. The Kier molecular flexibility index (Phi) is 4.69. The standard InChI is InChI=1S/C25H31NO3/c1-18-9-10-20(15-21(18)27-3)24-11-12-25(16-23(24)26(2)14-13-24)28-17-22(29-25)19-7-5-4-6-8-19/h4-10,15,22-23H,11-14,16-17H2,1-3H3/t22-,23-,24-,25?/m0/s1. The number of rotatable bonds is 3. The highest BCUT2D eigenvalue weighted by molar-refractivity contribution is 5.42. The molecule has 0 aromatic heterocycles. The van der Waals surface area contributed by atoms with Gasteiger partial charge in [-0.05, 0) is 56.1 Å². The van der Waals surface area contributed by atoms with E-state index in [1.54, 1.807) is 7.11 Å².